The fourth-order valence-electron chi connectivity index (χ4n) is 3.66. The third-order valence-corrected chi connectivity index (χ3v) is 5.06. The molecule has 0 atom stereocenters. The van der Waals surface area contributed by atoms with Crippen molar-refractivity contribution in [3.05, 3.63) is 63.4 Å². The predicted octanol–water partition coefficient (Wildman–Crippen LogP) is 5.35. The van der Waals surface area contributed by atoms with Crippen LogP contribution in [0.2, 0.25) is 0 Å². The minimum absolute atomic E-state index is 0.0350. The first-order chi connectivity index (χ1) is 12.0. The van der Waals surface area contributed by atoms with Gasteiger partial charge in [0.05, 0.1) is 16.9 Å². The molecule has 3 aromatic rings. The Morgan fingerprint density at radius 2 is 1.72 bits per heavy atom. The summed E-state index contributed by atoms with van der Waals surface area (Å²) in [5, 5.41) is 5.40. The smallest absolute Gasteiger partial charge is 0.211 e. The van der Waals surface area contributed by atoms with E-state index >= 15 is 0 Å². The zero-order valence-electron chi connectivity index (χ0n) is 15.8. The molecule has 25 heavy (non-hydrogen) atoms. The number of fused-ring (bicyclic) bond motifs is 1. The molecule has 3 nitrogen and oxygen atoms in total. The molecule has 0 aliphatic carbocycles. The highest BCUT2D eigenvalue weighted by Crippen LogP contribution is 2.31. The van der Waals surface area contributed by atoms with Gasteiger partial charge in [0, 0.05) is 0 Å². The average molecular weight is 334 g/mol. The van der Waals surface area contributed by atoms with Crippen molar-refractivity contribution in [2.75, 3.05) is 0 Å². The molecule has 3 heteroatoms. The Labute approximate surface area is 149 Å². The van der Waals surface area contributed by atoms with E-state index in [4.69, 9.17) is 0 Å². The number of nitrogens with zero attached hydrogens (tertiary/aromatic N) is 2. The van der Waals surface area contributed by atoms with Gasteiger partial charge in [0.1, 0.15) is 5.69 Å². The van der Waals surface area contributed by atoms with Crippen LogP contribution in [-0.2, 0) is 0 Å². The Morgan fingerprint density at radius 1 is 1.00 bits per heavy atom. The maximum Gasteiger partial charge on any atom is 0.211 e. The summed E-state index contributed by atoms with van der Waals surface area (Å²) in [5.41, 5.74) is 6.08. The van der Waals surface area contributed by atoms with Crippen molar-refractivity contribution in [1.29, 1.82) is 0 Å². The van der Waals surface area contributed by atoms with Gasteiger partial charge in [-0.3, -0.25) is 9.48 Å². The number of aryl methyl sites for hydroxylation is 3. The van der Waals surface area contributed by atoms with Crippen molar-refractivity contribution in [3.63, 3.8) is 0 Å². The SMILES string of the molecule is CCC(CC)n1nc(C)c(=O)c2c(-c3ccc(C)cc3C)cccc21. The first kappa shape index (κ1) is 17.4. The molecule has 0 N–H and O–H groups in total. The van der Waals surface area contributed by atoms with Gasteiger partial charge in [0.2, 0.25) is 5.43 Å². The summed E-state index contributed by atoms with van der Waals surface area (Å²) < 4.78 is 2.05. The molecule has 0 aliphatic rings. The van der Waals surface area contributed by atoms with Crippen LogP contribution < -0.4 is 5.43 Å². The molecular formula is C22H26N2O. The van der Waals surface area contributed by atoms with Crippen LogP contribution in [-0.4, -0.2) is 9.78 Å². The van der Waals surface area contributed by atoms with E-state index in [1.54, 1.807) is 0 Å². The predicted molar refractivity (Wildman–Crippen MR) is 105 cm³/mol. The monoisotopic (exact) mass is 334 g/mol. The second-order valence-electron chi connectivity index (χ2n) is 6.85. The third-order valence-electron chi connectivity index (χ3n) is 5.06. The van der Waals surface area contributed by atoms with E-state index in [1.165, 1.54) is 11.1 Å². The topological polar surface area (TPSA) is 34.9 Å². The molecule has 1 heterocycles. The molecule has 0 bridgehead atoms. The summed E-state index contributed by atoms with van der Waals surface area (Å²) in [6.07, 6.45) is 1.99. The molecule has 3 rings (SSSR count). The van der Waals surface area contributed by atoms with Crippen molar-refractivity contribution >= 4 is 10.9 Å². The molecule has 0 radical (unpaired) electrons. The van der Waals surface area contributed by atoms with Gasteiger partial charge in [0.15, 0.2) is 0 Å². The summed E-state index contributed by atoms with van der Waals surface area (Å²) in [4.78, 5) is 13.0. The molecule has 130 valence electrons. The maximum atomic E-state index is 13.0. The van der Waals surface area contributed by atoms with Gasteiger partial charge in [-0.05, 0) is 56.4 Å². The Morgan fingerprint density at radius 3 is 2.36 bits per heavy atom. The highest BCUT2D eigenvalue weighted by atomic mass is 16.1. The van der Waals surface area contributed by atoms with Crippen molar-refractivity contribution in [2.24, 2.45) is 0 Å². The second kappa shape index (κ2) is 6.83. The number of benzene rings is 2. The Balaban J connectivity index is 2.41. The van der Waals surface area contributed by atoms with Gasteiger partial charge in [0.25, 0.3) is 0 Å². The fourth-order valence-corrected chi connectivity index (χ4v) is 3.66. The molecular weight excluding hydrogens is 308 g/mol. The summed E-state index contributed by atoms with van der Waals surface area (Å²) in [7, 11) is 0. The summed E-state index contributed by atoms with van der Waals surface area (Å²) in [6, 6.07) is 12.8. The molecule has 2 aromatic carbocycles. The van der Waals surface area contributed by atoms with Crippen molar-refractivity contribution in [3.8, 4) is 11.1 Å². The lowest BCUT2D eigenvalue weighted by atomic mass is 9.95. The van der Waals surface area contributed by atoms with E-state index in [9.17, 15) is 4.79 Å². The zero-order chi connectivity index (χ0) is 18.1. The van der Waals surface area contributed by atoms with Crippen LogP contribution in [0.1, 0.15) is 49.6 Å². The van der Waals surface area contributed by atoms with Crippen molar-refractivity contribution in [1.82, 2.24) is 9.78 Å². The third kappa shape index (κ3) is 2.99. The minimum Gasteiger partial charge on any atom is -0.287 e. The van der Waals surface area contributed by atoms with Gasteiger partial charge in [-0.2, -0.15) is 5.10 Å². The largest absolute Gasteiger partial charge is 0.287 e. The lowest BCUT2D eigenvalue weighted by molar-refractivity contribution is 0.433. The molecule has 0 aliphatic heterocycles. The Kier molecular flexibility index (Phi) is 4.76. The Bertz CT molecular complexity index is 981. The van der Waals surface area contributed by atoms with Crippen LogP contribution in [0, 0.1) is 20.8 Å². The first-order valence-corrected chi connectivity index (χ1v) is 9.07. The van der Waals surface area contributed by atoms with Gasteiger partial charge in [-0.25, -0.2) is 0 Å². The van der Waals surface area contributed by atoms with Gasteiger partial charge in [-0.1, -0.05) is 49.7 Å². The fraction of sp³-hybridized carbons (Fsp3) is 0.364. The van der Waals surface area contributed by atoms with E-state index in [1.807, 2.05) is 19.1 Å². The second-order valence-corrected chi connectivity index (χ2v) is 6.85. The lowest BCUT2D eigenvalue weighted by Gasteiger charge is -2.20. The van der Waals surface area contributed by atoms with Crippen LogP contribution in [0.15, 0.2) is 41.2 Å². The molecule has 0 spiro atoms. The molecule has 0 saturated carbocycles. The first-order valence-electron chi connectivity index (χ1n) is 9.07. The highest BCUT2D eigenvalue weighted by molar-refractivity contribution is 5.95. The van der Waals surface area contributed by atoms with Crippen LogP contribution in [0.25, 0.3) is 22.0 Å². The van der Waals surface area contributed by atoms with Crippen LogP contribution in [0.5, 0.6) is 0 Å². The summed E-state index contributed by atoms with van der Waals surface area (Å²) in [5.74, 6) is 0. The quantitative estimate of drug-likeness (QED) is 0.644. The number of hydrogen-bond acceptors (Lipinski definition) is 2. The van der Waals surface area contributed by atoms with Crippen LogP contribution in [0.3, 0.4) is 0 Å². The molecule has 0 saturated heterocycles. The van der Waals surface area contributed by atoms with Gasteiger partial charge >= 0.3 is 0 Å². The van der Waals surface area contributed by atoms with E-state index < -0.39 is 0 Å². The molecule has 0 unspecified atom stereocenters. The molecule has 0 amide bonds. The lowest BCUT2D eigenvalue weighted by Crippen LogP contribution is -2.20. The van der Waals surface area contributed by atoms with E-state index in [-0.39, 0.29) is 5.43 Å². The van der Waals surface area contributed by atoms with Crippen molar-refractivity contribution in [2.45, 2.75) is 53.5 Å². The van der Waals surface area contributed by atoms with Gasteiger partial charge < -0.3 is 0 Å². The molecule has 1 aromatic heterocycles. The van der Waals surface area contributed by atoms with Crippen molar-refractivity contribution < 1.29 is 0 Å². The highest BCUT2D eigenvalue weighted by Gasteiger charge is 2.17. The zero-order valence-corrected chi connectivity index (χ0v) is 15.8. The number of hydrogen-bond donors (Lipinski definition) is 0. The Hall–Kier alpha value is -2.42. The minimum atomic E-state index is 0.0350. The normalized spacial score (nSPS) is 11.4. The van der Waals surface area contributed by atoms with E-state index in [0.29, 0.717) is 11.7 Å². The maximum absolute atomic E-state index is 13.0. The van der Waals surface area contributed by atoms with Crippen LogP contribution in [0.4, 0.5) is 0 Å². The standard InChI is InChI=1S/C22H26N2O/c1-6-17(7-2)24-20-10-8-9-19(21(20)22(25)16(5)23-24)18-12-11-14(3)13-15(18)4/h8-13,17H,6-7H2,1-5H3. The van der Waals surface area contributed by atoms with E-state index in [2.05, 4.69) is 61.7 Å². The average Bonchev–Trinajstić information content (AvgIpc) is 2.59. The number of aromatic nitrogens is 2. The van der Waals surface area contributed by atoms with Crippen LogP contribution >= 0.6 is 0 Å². The summed E-state index contributed by atoms with van der Waals surface area (Å²) >= 11 is 0. The molecule has 0 fully saturated rings. The van der Waals surface area contributed by atoms with Gasteiger partial charge in [-0.15, -0.1) is 0 Å². The van der Waals surface area contributed by atoms with E-state index in [0.717, 1.165) is 34.9 Å². The number of rotatable bonds is 4. The summed E-state index contributed by atoms with van der Waals surface area (Å²) in [6.45, 7) is 10.4.